The Morgan fingerprint density at radius 2 is 2.00 bits per heavy atom. The number of likely N-dealkylation sites (N-methyl/N-ethyl adjacent to an activating group) is 1. The molecule has 1 aliphatic carbocycles. The van der Waals surface area contributed by atoms with Crippen LogP contribution in [0.5, 0.6) is 0 Å². The van der Waals surface area contributed by atoms with Crippen LogP contribution >= 0.6 is 0 Å². The lowest BCUT2D eigenvalue weighted by Gasteiger charge is -2.21. The Kier molecular flexibility index (Phi) is 5.69. The fraction of sp³-hybridized carbons (Fsp3) is 0.917. The summed E-state index contributed by atoms with van der Waals surface area (Å²) in [5.41, 5.74) is 6.01. The van der Waals surface area contributed by atoms with E-state index >= 15 is 0 Å². The summed E-state index contributed by atoms with van der Waals surface area (Å²) in [6, 6.07) is 0. The molecule has 0 aromatic heterocycles. The van der Waals surface area contributed by atoms with Gasteiger partial charge in [-0.15, -0.1) is 0 Å². The average Bonchev–Trinajstić information content (AvgIpc) is 2.29. The molecule has 1 fully saturated rings. The molecule has 0 saturated heterocycles. The second-order valence-electron chi connectivity index (χ2n) is 4.54. The molecule has 15 heavy (non-hydrogen) atoms. The quantitative estimate of drug-likeness (QED) is 0.557. The van der Waals surface area contributed by atoms with E-state index in [9.17, 15) is 0 Å². The average molecular weight is 211 g/mol. The highest BCUT2D eigenvalue weighted by Gasteiger charge is 2.16. The van der Waals surface area contributed by atoms with E-state index in [1.165, 1.54) is 32.1 Å². The van der Waals surface area contributed by atoms with E-state index in [-0.39, 0.29) is 0 Å². The highest BCUT2D eigenvalue weighted by Crippen LogP contribution is 2.23. The minimum atomic E-state index is 0.575. The zero-order valence-electron chi connectivity index (χ0n) is 10.2. The SMILES string of the molecule is CCN(C)CCN=C(N)C1CCCCC1. The van der Waals surface area contributed by atoms with Crippen molar-refractivity contribution in [1.82, 2.24) is 4.90 Å². The van der Waals surface area contributed by atoms with Crippen LogP contribution < -0.4 is 5.73 Å². The first-order valence-electron chi connectivity index (χ1n) is 6.22. The summed E-state index contributed by atoms with van der Waals surface area (Å²) in [5.74, 6) is 1.48. The van der Waals surface area contributed by atoms with Crippen LogP contribution in [-0.2, 0) is 0 Å². The summed E-state index contributed by atoms with van der Waals surface area (Å²) in [4.78, 5) is 6.75. The van der Waals surface area contributed by atoms with E-state index in [1.807, 2.05) is 0 Å². The molecule has 0 amide bonds. The number of aliphatic imine (C=N–C) groups is 1. The largest absolute Gasteiger partial charge is 0.387 e. The number of hydrogen-bond donors (Lipinski definition) is 1. The summed E-state index contributed by atoms with van der Waals surface area (Å²) in [6.07, 6.45) is 6.53. The van der Waals surface area contributed by atoms with Crippen LogP contribution in [0.3, 0.4) is 0 Å². The summed E-state index contributed by atoms with van der Waals surface area (Å²) >= 11 is 0. The minimum Gasteiger partial charge on any atom is -0.387 e. The molecule has 1 saturated carbocycles. The van der Waals surface area contributed by atoms with Crippen molar-refractivity contribution in [2.75, 3.05) is 26.7 Å². The monoisotopic (exact) mass is 211 g/mol. The Hall–Kier alpha value is -0.570. The second kappa shape index (κ2) is 6.83. The van der Waals surface area contributed by atoms with E-state index in [1.54, 1.807) is 0 Å². The standard InChI is InChI=1S/C12H25N3/c1-3-15(2)10-9-14-12(13)11-7-5-4-6-8-11/h11H,3-10H2,1-2H3,(H2,13,14). The van der Waals surface area contributed by atoms with Crippen molar-refractivity contribution in [1.29, 1.82) is 0 Å². The maximum atomic E-state index is 6.01. The lowest BCUT2D eigenvalue weighted by molar-refractivity contribution is 0.362. The van der Waals surface area contributed by atoms with Gasteiger partial charge in [-0.3, -0.25) is 4.99 Å². The minimum absolute atomic E-state index is 0.575. The van der Waals surface area contributed by atoms with Gasteiger partial charge in [0.2, 0.25) is 0 Å². The molecule has 3 heteroatoms. The number of rotatable bonds is 5. The van der Waals surface area contributed by atoms with Crippen molar-refractivity contribution in [3.05, 3.63) is 0 Å². The molecule has 88 valence electrons. The fourth-order valence-corrected chi connectivity index (χ4v) is 2.04. The van der Waals surface area contributed by atoms with Crippen molar-refractivity contribution >= 4 is 5.84 Å². The zero-order valence-corrected chi connectivity index (χ0v) is 10.2. The molecule has 0 bridgehead atoms. The molecule has 0 unspecified atom stereocenters. The Morgan fingerprint density at radius 1 is 1.33 bits per heavy atom. The van der Waals surface area contributed by atoms with Gasteiger partial charge in [-0.1, -0.05) is 26.2 Å². The lowest BCUT2D eigenvalue weighted by Crippen LogP contribution is -2.28. The van der Waals surface area contributed by atoms with Crippen LogP contribution in [0, 0.1) is 5.92 Å². The maximum absolute atomic E-state index is 6.01. The van der Waals surface area contributed by atoms with Crippen LogP contribution in [0.15, 0.2) is 4.99 Å². The van der Waals surface area contributed by atoms with Gasteiger partial charge in [-0.2, -0.15) is 0 Å². The predicted octanol–water partition coefficient (Wildman–Crippen LogP) is 1.88. The molecule has 0 spiro atoms. The van der Waals surface area contributed by atoms with E-state index < -0.39 is 0 Å². The summed E-state index contributed by atoms with van der Waals surface area (Å²) < 4.78 is 0. The lowest BCUT2D eigenvalue weighted by atomic mass is 9.88. The molecule has 0 atom stereocenters. The zero-order chi connectivity index (χ0) is 11.1. The Labute approximate surface area is 93.7 Å². The van der Waals surface area contributed by atoms with Crippen molar-refractivity contribution < 1.29 is 0 Å². The van der Waals surface area contributed by atoms with Gasteiger partial charge in [0.25, 0.3) is 0 Å². The van der Waals surface area contributed by atoms with Crippen LogP contribution in [0.2, 0.25) is 0 Å². The first kappa shape index (κ1) is 12.5. The molecule has 0 aliphatic heterocycles. The van der Waals surface area contributed by atoms with Crippen LogP contribution in [-0.4, -0.2) is 37.4 Å². The molecule has 0 aromatic carbocycles. The van der Waals surface area contributed by atoms with Crippen molar-refractivity contribution in [3.63, 3.8) is 0 Å². The molecule has 1 aliphatic rings. The normalized spacial score (nSPS) is 19.8. The first-order chi connectivity index (χ1) is 7.24. The van der Waals surface area contributed by atoms with Gasteiger partial charge in [-0.05, 0) is 26.4 Å². The van der Waals surface area contributed by atoms with Gasteiger partial charge in [0.15, 0.2) is 0 Å². The molecular formula is C12H25N3. The van der Waals surface area contributed by atoms with E-state index in [0.29, 0.717) is 5.92 Å². The van der Waals surface area contributed by atoms with Crippen molar-refractivity contribution in [2.24, 2.45) is 16.6 Å². The van der Waals surface area contributed by atoms with Gasteiger partial charge >= 0.3 is 0 Å². The molecule has 1 rings (SSSR count). The molecule has 0 radical (unpaired) electrons. The second-order valence-corrected chi connectivity index (χ2v) is 4.54. The number of nitrogens with two attached hydrogens (primary N) is 1. The topological polar surface area (TPSA) is 41.6 Å². The Bertz CT molecular complexity index is 195. The first-order valence-corrected chi connectivity index (χ1v) is 6.22. The molecule has 2 N–H and O–H groups in total. The van der Waals surface area contributed by atoms with Gasteiger partial charge in [0.05, 0.1) is 12.4 Å². The van der Waals surface area contributed by atoms with E-state index in [4.69, 9.17) is 5.73 Å². The summed E-state index contributed by atoms with van der Waals surface area (Å²) in [7, 11) is 2.12. The van der Waals surface area contributed by atoms with Gasteiger partial charge in [-0.25, -0.2) is 0 Å². The van der Waals surface area contributed by atoms with Crippen molar-refractivity contribution in [3.8, 4) is 0 Å². The third-order valence-corrected chi connectivity index (χ3v) is 3.34. The summed E-state index contributed by atoms with van der Waals surface area (Å²) in [6.45, 7) is 5.11. The molecule has 0 heterocycles. The van der Waals surface area contributed by atoms with Crippen LogP contribution in [0.25, 0.3) is 0 Å². The number of nitrogens with zero attached hydrogens (tertiary/aromatic N) is 2. The Balaban J connectivity index is 2.25. The highest BCUT2D eigenvalue weighted by atomic mass is 15.1. The predicted molar refractivity (Wildman–Crippen MR) is 66.2 cm³/mol. The van der Waals surface area contributed by atoms with Crippen LogP contribution in [0.4, 0.5) is 0 Å². The highest BCUT2D eigenvalue weighted by molar-refractivity contribution is 5.82. The fourth-order valence-electron chi connectivity index (χ4n) is 2.04. The molecular weight excluding hydrogens is 186 g/mol. The van der Waals surface area contributed by atoms with Crippen LogP contribution in [0.1, 0.15) is 39.0 Å². The molecule has 3 nitrogen and oxygen atoms in total. The molecule has 0 aromatic rings. The summed E-state index contributed by atoms with van der Waals surface area (Å²) in [5, 5.41) is 0. The number of hydrogen-bond acceptors (Lipinski definition) is 2. The van der Waals surface area contributed by atoms with Gasteiger partial charge in [0.1, 0.15) is 0 Å². The smallest absolute Gasteiger partial charge is 0.0968 e. The Morgan fingerprint density at radius 3 is 2.60 bits per heavy atom. The third kappa shape index (κ3) is 4.65. The van der Waals surface area contributed by atoms with E-state index in [0.717, 1.165) is 25.5 Å². The van der Waals surface area contributed by atoms with E-state index in [2.05, 4.69) is 23.9 Å². The van der Waals surface area contributed by atoms with Gasteiger partial charge in [0, 0.05) is 12.5 Å². The van der Waals surface area contributed by atoms with Crippen molar-refractivity contribution in [2.45, 2.75) is 39.0 Å². The van der Waals surface area contributed by atoms with Gasteiger partial charge < -0.3 is 10.6 Å². The maximum Gasteiger partial charge on any atom is 0.0968 e. The third-order valence-electron chi connectivity index (χ3n) is 3.34. The number of amidine groups is 1.